The van der Waals surface area contributed by atoms with Gasteiger partial charge in [0.1, 0.15) is 5.76 Å². The number of ketones is 1. The van der Waals surface area contributed by atoms with Crippen LogP contribution in [0.25, 0.3) is 5.76 Å². The number of amides is 1. The zero-order chi connectivity index (χ0) is 25.0. The molecule has 1 unspecified atom stereocenters. The minimum Gasteiger partial charge on any atom is -0.507 e. The Morgan fingerprint density at radius 2 is 1.79 bits per heavy atom. The van der Waals surface area contributed by atoms with Gasteiger partial charge in [-0.2, -0.15) is 0 Å². The van der Waals surface area contributed by atoms with Crippen molar-refractivity contribution < 1.29 is 24.5 Å². The number of phenolic OH excluding ortho intramolecular Hbond substituents is 1. The molecule has 1 fully saturated rings. The molecule has 7 nitrogen and oxygen atoms in total. The molecule has 0 aliphatic carbocycles. The molecule has 0 saturated carbocycles. The number of hydrogen-bond acceptors (Lipinski definition) is 6. The fraction of sp³-hybridized carbons (Fsp3) is 0.407. The highest BCUT2D eigenvalue weighted by atomic mass is 16.5. The summed E-state index contributed by atoms with van der Waals surface area (Å²) in [7, 11) is 1.44. The molecule has 1 heterocycles. The SMILES string of the molecule is CCN(CC)CCCN1C(=O)C(=O)/C(=C(/O)c2cc(C)ccc2C)C1c1ccc(O)c(OC)c1. The molecular formula is C27H34N2O5. The van der Waals surface area contributed by atoms with Gasteiger partial charge < -0.3 is 24.7 Å². The van der Waals surface area contributed by atoms with Gasteiger partial charge in [0.15, 0.2) is 11.5 Å². The molecule has 0 bridgehead atoms. The number of aryl methyl sites for hydroxylation is 2. The Morgan fingerprint density at radius 3 is 2.44 bits per heavy atom. The van der Waals surface area contributed by atoms with E-state index in [1.54, 1.807) is 12.1 Å². The molecule has 1 atom stereocenters. The largest absolute Gasteiger partial charge is 0.507 e. The molecule has 7 heteroatoms. The molecule has 0 spiro atoms. The third kappa shape index (κ3) is 4.94. The van der Waals surface area contributed by atoms with Crippen LogP contribution in [0.5, 0.6) is 11.5 Å². The molecular weight excluding hydrogens is 432 g/mol. The Bertz CT molecular complexity index is 1100. The van der Waals surface area contributed by atoms with Crippen LogP contribution in [0.15, 0.2) is 42.0 Å². The van der Waals surface area contributed by atoms with E-state index in [0.717, 1.165) is 30.8 Å². The summed E-state index contributed by atoms with van der Waals surface area (Å²) < 4.78 is 5.27. The fourth-order valence-corrected chi connectivity index (χ4v) is 4.46. The van der Waals surface area contributed by atoms with Crippen LogP contribution >= 0.6 is 0 Å². The van der Waals surface area contributed by atoms with Crippen molar-refractivity contribution in [2.75, 3.05) is 33.3 Å². The van der Waals surface area contributed by atoms with Crippen molar-refractivity contribution in [3.8, 4) is 11.5 Å². The van der Waals surface area contributed by atoms with Crippen molar-refractivity contribution in [1.29, 1.82) is 0 Å². The van der Waals surface area contributed by atoms with Crippen LogP contribution in [-0.4, -0.2) is 65.0 Å². The number of phenols is 1. The van der Waals surface area contributed by atoms with Crippen molar-refractivity contribution in [1.82, 2.24) is 9.80 Å². The number of benzene rings is 2. The van der Waals surface area contributed by atoms with E-state index >= 15 is 0 Å². The summed E-state index contributed by atoms with van der Waals surface area (Å²) in [6.45, 7) is 10.9. The second kappa shape index (κ2) is 10.7. The molecule has 1 saturated heterocycles. The minimum atomic E-state index is -0.786. The van der Waals surface area contributed by atoms with Gasteiger partial charge in [0, 0.05) is 12.1 Å². The Kier molecular flexibility index (Phi) is 7.99. The van der Waals surface area contributed by atoms with Gasteiger partial charge in [-0.1, -0.05) is 37.6 Å². The average molecular weight is 467 g/mol. The highest BCUT2D eigenvalue weighted by Gasteiger charge is 2.46. The molecule has 2 N–H and O–H groups in total. The van der Waals surface area contributed by atoms with E-state index in [1.165, 1.54) is 18.1 Å². The van der Waals surface area contributed by atoms with Crippen molar-refractivity contribution >= 4 is 17.4 Å². The lowest BCUT2D eigenvalue weighted by Gasteiger charge is -2.27. The number of methoxy groups -OCH3 is 1. The third-order valence-corrected chi connectivity index (χ3v) is 6.48. The van der Waals surface area contributed by atoms with E-state index in [4.69, 9.17) is 4.74 Å². The maximum Gasteiger partial charge on any atom is 0.295 e. The Hall–Kier alpha value is -3.32. The van der Waals surface area contributed by atoms with Gasteiger partial charge >= 0.3 is 0 Å². The normalized spacial score (nSPS) is 17.6. The molecule has 1 aliphatic heterocycles. The first kappa shape index (κ1) is 25.3. The van der Waals surface area contributed by atoms with E-state index in [1.807, 2.05) is 32.0 Å². The minimum absolute atomic E-state index is 0.0423. The van der Waals surface area contributed by atoms with Gasteiger partial charge in [0.25, 0.3) is 11.7 Å². The van der Waals surface area contributed by atoms with Crippen LogP contribution in [0.4, 0.5) is 0 Å². The zero-order valence-corrected chi connectivity index (χ0v) is 20.6. The number of aliphatic hydroxyl groups excluding tert-OH is 1. The summed E-state index contributed by atoms with van der Waals surface area (Å²) in [6.07, 6.45) is 0.684. The molecule has 0 radical (unpaired) electrons. The number of hydrogen-bond donors (Lipinski definition) is 2. The van der Waals surface area contributed by atoms with E-state index < -0.39 is 17.7 Å². The zero-order valence-electron chi connectivity index (χ0n) is 20.6. The van der Waals surface area contributed by atoms with E-state index in [0.29, 0.717) is 24.1 Å². The van der Waals surface area contributed by atoms with Gasteiger partial charge in [-0.05, 0) is 69.2 Å². The van der Waals surface area contributed by atoms with Gasteiger partial charge in [0.05, 0.1) is 18.7 Å². The van der Waals surface area contributed by atoms with Crippen LogP contribution in [0.1, 0.15) is 48.6 Å². The fourth-order valence-electron chi connectivity index (χ4n) is 4.46. The van der Waals surface area contributed by atoms with Crippen LogP contribution in [-0.2, 0) is 9.59 Å². The molecule has 0 aromatic heterocycles. The lowest BCUT2D eigenvalue weighted by Crippen LogP contribution is -2.33. The molecule has 34 heavy (non-hydrogen) atoms. The molecule has 1 amide bonds. The standard InChI is InChI=1S/C27H34N2O5/c1-6-28(7-2)13-8-14-29-24(19-11-12-21(30)22(16-19)34-5)23(26(32)27(29)33)25(31)20-15-17(3)9-10-18(20)4/h9-12,15-16,24,30-31H,6-8,13-14H2,1-5H3/b25-23+. The number of likely N-dealkylation sites (tertiary alicyclic amines) is 1. The molecule has 2 aromatic rings. The Balaban J connectivity index is 2.12. The van der Waals surface area contributed by atoms with E-state index in [2.05, 4.69) is 18.7 Å². The van der Waals surface area contributed by atoms with Crippen molar-refractivity contribution in [2.45, 2.75) is 40.2 Å². The number of nitrogens with zero attached hydrogens (tertiary/aromatic N) is 2. The number of rotatable bonds is 9. The summed E-state index contributed by atoms with van der Waals surface area (Å²) in [5, 5.41) is 21.4. The first-order valence-corrected chi connectivity index (χ1v) is 11.7. The quantitative estimate of drug-likeness (QED) is 0.328. The van der Waals surface area contributed by atoms with Gasteiger partial charge in [-0.15, -0.1) is 0 Å². The number of aromatic hydroxyl groups is 1. The summed E-state index contributed by atoms with van der Waals surface area (Å²) in [5.41, 5.74) is 2.90. The van der Waals surface area contributed by atoms with Gasteiger partial charge in [-0.25, -0.2) is 0 Å². The monoisotopic (exact) mass is 466 g/mol. The van der Waals surface area contributed by atoms with E-state index in [-0.39, 0.29) is 22.8 Å². The van der Waals surface area contributed by atoms with Crippen LogP contribution in [0.3, 0.4) is 0 Å². The Labute approximate surface area is 201 Å². The van der Waals surface area contributed by atoms with Crippen LogP contribution < -0.4 is 4.74 Å². The van der Waals surface area contributed by atoms with Crippen LogP contribution in [0.2, 0.25) is 0 Å². The number of carbonyl (C=O) groups is 2. The third-order valence-electron chi connectivity index (χ3n) is 6.48. The van der Waals surface area contributed by atoms with Crippen LogP contribution in [0, 0.1) is 13.8 Å². The van der Waals surface area contributed by atoms with Crippen molar-refractivity contribution in [3.05, 3.63) is 64.2 Å². The second-order valence-electron chi connectivity index (χ2n) is 8.62. The number of ether oxygens (including phenoxy) is 1. The van der Waals surface area contributed by atoms with Gasteiger partial charge in [-0.3, -0.25) is 9.59 Å². The molecule has 182 valence electrons. The number of Topliss-reactive ketones (excluding diaryl/α,β-unsaturated/α-hetero) is 1. The topological polar surface area (TPSA) is 90.3 Å². The summed E-state index contributed by atoms with van der Waals surface area (Å²) in [5.74, 6) is -1.35. The Morgan fingerprint density at radius 1 is 1.09 bits per heavy atom. The van der Waals surface area contributed by atoms with Crippen molar-refractivity contribution in [2.24, 2.45) is 0 Å². The molecule has 1 aliphatic rings. The van der Waals surface area contributed by atoms with Gasteiger partial charge in [0.2, 0.25) is 0 Å². The number of carbonyl (C=O) groups excluding carboxylic acids is 2. The smallest absolute Gasteiger partial charge is 0.295 e. The number of aliphatic hydroxyl groups is 1. The highest BCUT2D eigenvalue weighted by molar-refractivity contribution is 6.46. The van der Waals surface area contributed by atoms with Crippen molar-refractivity contribution in [3.63, 3.8) is 0 Å². The average Bonchev–Trinajstić information content (AvgIpc) is 3.08. The first-order chi connectivity index (χ1) is 16.2. The molecule has 2 aromatic carbocycles. The predicted octanol–water partition coefficient (Wildman–Crippen LogP) is 4.17. The maximum atomic E-state index is 13.2. The highest BCUT2D eigenvalue weighted by Crippen LogP contribution is 2.42. The maximum absolute atomic E-state index is 13.2. The molecule has 3 rings (SSSR count). The lowest BCUT2D eigenvalue weighted by molar-refractivity contribution is -0.140. The summed E-state index contributed by atoms with van der Waals surface area (Å²) >= 11 is 0. The lowest BCUT2D eigenvalue weighted by atomic mass is 9.93. The first-order valence-electron chi connectivity index (χ1n) is 11.7. The predicted molar refractivity (Wildman–Crippen MR) is 132 cm³/mol. The summed E-state index contributed by atoms with van der Waals surface area (Å²) in [6, 6.07) is 9.58. The van der Waals surface area contributed by atoms with E-state index in [9.17, 15) is 19.8 Å². The second-order valence-corrected chi connectivity index (χ2v) is 8.62. The summed E-state index contributed by atoms with van der Waals surface area (Å²) in [4.78, 5) is 30.2.